The summed E-state index contributed by atoms with van der Waals surface area (Å²) in [7, 11) is 0. The summed E-state index contributed by atoms with van der Waals surface area (Å²) in [5.41, 5.74) is 5.03. The number of ether oxygens (including phenoxy) is 1. The molecule has 0 aliphatic heterocycles. The molecule has 2 nitrogen and oxygen atoms in total. The highest BCUT2D eigenvalue weighted by molar-refractivity contribution is 5.44. The Labute approximate surface area is 127 Å². The van der Waals surface area contributed by atoms with Gasteiger partial charge in [-0.3, -0.25) is 0 Å². The Balaban J connectivity index is 1.69. The molecule has 110 valence electrons. The van der Waals surface area contributed by atoms with Crippen molar-refractivity contribution < 1.29 is 4.74 Å². The molecular weight excluding hydrogens is 258 g/mol. The van der Waals surface area contributed by atoms with Crippen molar-refractivity contribution in [3.63, 3.8) is 0 Å². The number of aryl methyl sites for hydroxylation is 2. The summed E-state index contributed by atoms with van der Waals surface area (Å²) in [6.07, 6.45) is 2.65. The van der Waals surface area contributed by atoms with Gasteiger partial charge in [-0.2, -0.15) is 0 Å². The molecule has 0 radical (unpaired) electrons. The first-order chi connectivity index (χ1) is 10.1. The van der Waals surface area contributed by atoms with Crippen molar-refractivity contribution in [2.75, 3.05) is 0 Å². The number of hydrogen-bond acceptors (Lipinski definition) is 2. The quantitative estimate of drug-likeness (QED) is 0.861. The fraction of sp³-hybridized carbons (Fsp3) is 0.368. The molecule has 3 rings (SSSR count). The molecule has 2 aromatic rings. The second-order valence-corrected chi connectivity index (χ2v) is 6.11. The maximum atomic E-state index is 6.04. The van der Waals surface area contributed by atoms with Gasteiger partial charge in [0.15, 0.2) is 0 Å². The van der Waals surface area contributed by atoms with E-state index in [1.54, 1.807) is 0 Å². The third-order valence-electron chi connectivity index (χ3n) is 4.09. The van der Waals surface area contributed by atoms with E-state index in [9.17, 15) is 0 Å². The molecule has 0 saturated heterocycles. The van der Waals surface area contributed by atoms with Crippen LogP contribution in [0.1, 0.15) is 35.1 Å². The molecule has 0 unspecified atom stereocenters. The summed E-state index contributed by atoms with van der Waals surface area (Å²) in [5.74, 6) is 1.86. The van der Waals surface area contributed by atoms with Crippen LogP contribution in [0.4, 0.5) is 0 Å². The van der Waals surface area contributed by atoms with Crippen LogP contribution >= 0.6 is 0 Å². The first kappa shape index (κ1) is 14.2. The molecule has 21 heavy (non-hydrogen) atoms. The van der Waals surface area contributed by atoms with E-state index in [2.05, 4.69) is 62.5 Å². The second-order valence-electron chi connectivity index (χ2n) is 6.11. The first-order valence-corrected chi connectivity index (χ1v) is 7.70. The monoisotopic (exact) mass is 281 g/mol. The summed E-state index contributed by atoms with van der Waals surface area (Å²) < 4.78 is 6.04. The highest BCUT2D eigenvalue weighted by Gasteiger charge is 2.19. The number of rotatable bonds is 5. The third kappa shape index (κ3) is 3.64. The van der Waals surface area contributed by atoms with Crippen molar-refractivity contribution in [2.24, 2.45) is 0 Å². The van der Waals surface area contributed by atoms with Gasteiger partial charge in [-0.1, -0.05) is 18.2 Å². The molecule has 1 aliphatic rings. The lowest BCUT2D eigenvalue weighted by Crippen LogP contribution is -2.14. The average Bonchev–Trinajstić information content (AvgIpc) is 3.28. The smallest absolute Gasteiger partial charge is 0.130 e. The summed E-state index contributed by atoms with van der Waals surface area (Å²) >= 11 is 0. The zero-order valence-electron chi connectivity index (χ0n) is 13.1. The predicted molar refractivity (Wildman–Crippen MR) is 87.0 cm³/mol. The molecule has 0 aromatic heterocycles. The number of nitrogens with one attached hydrogen (secondary N) is 1. The lowest BCUT2D eigenvalue weighted by Gasteiger charge is -2.12. The molecule has 0 heterocycles. The topological polar surface area (TPSA) is 21.3 Å². The molecule has 1 saturated carbocycles. The first-order valence-electron chi connectivity index (χ1n) is 7.70. The van der Waals surface area contributed by atoms with Crippen LogP contribution in [0.3, 0.4) is 0 Å². The molecule has 1 aliphatic carbocycles. The highest BCUT2D eigenvalue weighted by atomic mass is 16.5. The van der Waals surface area contributed by atoms with Crippen LogP contribution in [0.15, 0.2) is 36.4 Å². The Morgan fingerprint density at radius 1 is 1.05 bits per heavy atom. The van der Waals surface area contributed by atoms with Crippen LogP contribution in [0.5, 0.6) is 11.5 Å². The Morgan fingerprint density at radius 2 is 1.76 bits per heavy atom. The van der Waals surface area contributed by atoms with E-state index in [0.29, 0.717) is 0 Å². The molecule has 1 fully saturated rings. The molecular formula is C19H23NO. The maximum absolute atomic E-state index is 6.04. The predicted octanol–water partition coefficient (Wildman–Crippen LogP) is 4.66. The van der Waals surface area contributed by atoms with E-state index >= 15 is 0 Å². The molecule has 2 heteroatoms. The summed E-state index contributed by atoms with van der Waals surface area (Å²) in [6, 6.07) is 13.4. The molecule has 0 amide bonds. The lowest BCUT2D eigenvalue weighted by molar-refractivity contribution is 0.477. The zero-order valence-corrected chi connectivity index (χ0v) is 13.1. The van der Waals surface area contributed by atoms with E-state index in [1.807, 2.05) is 0 Å². The Kier molecular flexibility index (Phi) is 3.98. The molecule has 1 N–H and O–H groups in total. The van der Waals surface area contributed by atoms with Crippen molar-refractivity contribution in [2.45, 2.75) is 46.2 Å². The van der Waals surface area contributed by atoms with Crippen LogP contribution in [-0.4, -0.2) is 6.04 Å². The Hall–Kier alpha value is -1.80. The van der Waals surface area contributed by atoms with Gasteiger partial charge in [0.25, 0.3) is 0 Å². The summed E-state index contributed by atoms with van der Waals surface area (Å²) in [5, 5.41) is 3.53. The van der Waals surface area contributed by atoms with Crippen molar-refractivity contribution in [3.05, 3.63) is 58.7 Å². The second kappa shape index (κ2) is 5.90. The summed E-state index contributed by atoms with van der Waals surface area (Å²) in [4.78, 5) is 0. The number of hydrogen-bond donors (Lipinski definition) is 1. The Bertz CT molecular complexity index is 627. The van der Waals surface area contributed by atoms with Crippen molar-refractivity contribution in [1.29, 1.82) is 0 Å². The average molecular weight is 281 g/mol. The van der Waals surface area contributed by atoms with Gasteiger partial charge in [-0.05, 0) is 74.1 Å². The van der Waals surface area contributed by atoms with Gasteiger partial charge >= 0.3 is 0 Å². The van der Waals surface area contributed by atoms with E-state index in [1.165, 1.54) is 35.1 Å². The van der Waals surface area contributed by atoms with E-state index in [-0.39, 0.29) is 0 Å². The normalized spacial score (nSPS) is 14.2. The minimum absolute atomic E-state index is 0.749. The van der Waals surface area contributed by atoms with Crippen LogP contribution in [-0.2, 0) is 6.54 Å². The molecule has 0 bridgehead atoms. The lowest BCUT2D eigenvalue weighted by atomic mass is 10.1. The maximum Gasteiger partial charge on any atom is 0.130 e. The molecule has 2 aromatic carbocycles. The summed E-state index contributed by atoms with van der Waals surface area (Å²) in [6.45, 7) is 7.29. The Morgan fingerprint density at radius 3 is 2.43 bits per heavy atom. The van der Waals surface area contributed by atoms with Gasteiger partial charge in [-0.15, -0.1) is 0 Å². The van der Waals surface area contributed by atoms with Crippen molar-refractivity contribution >= 4 is 0 Å². The highest BCUT2D eigenvalue weighted by Crippen LogP contribution is 2.28. The third-order valence-corrected chi connectivity index (χ3v) is 4.09. The van der Waals surface area contributed by atoms with Gasteiger partial charge in [0.1, 0.15) is 11.5 Å². The minimum Gasteiger partial charge on any atom is -0.457 e. The van der Waals surface area contributed by atoms with E-state index in [4.69, 9.17) is 4.74 Å². The zero-order chi connectivity index (χ0) is 14.8. The van der Waals surface area contributed by atoms with Crippen LogP contribution in [0.25, 0.3) is 0 Å². The fourth-order valence-electron chi connectivity index (χ4n) is 2.46. The SMILES string of the molecule is Cc1cc(C)c(C)c(Oc2ccc(CNC3CC3)cc2)c1. The van der Waals surface area contributed by atoms with Gasteiger partial charge in [0.05, 0.1) is 0 Å². The van der Waals surface area contributed by atoms with E-state index in [0.717, 1.165) is 24.1 Å². The van der Waals surface area contributed by atoms with Crippen molar-refractivity contribution in [1.82, 2.24) is 5.32 Å². The van der Waals surface area contributed by atoms with E-state index < -0.39 is 0 Å². The largest absolute Gasteiger partial charge is 0.457 e. The molecule has 0 spiro atoms. The van der Waals surface area contributed by atoms with Crippen LogP contribution in [0, 0.1) is 20.8 Å². The minimum atomic E-state index is 0.749. The van der Waals surface area contributed by atoms with Gasteiger partial charge in [0.2, 0.25) is 0 Å². The fourth-order valence-corrected chi connectivity index (χ4v) is 2.46. The number of benzene rings is 2. The van der Waals surface area contributed by atoms with Crippen LogP contribution in [0.2, 0.25) is 0 Å². The molecule has 0 atom stereocenters. The van der Waals surface area contributed by atoms with Crippen LogP contribution < -0.4 is 10.1 Å². The van der Waals surface area contributed by atoms with Crippen molar-refractivity contribution in [3.8, 4) is 11.5 Å². The van der Waals surface area contributed by atoms with Gasteiger partial charge < -0.3 is 10.1 Å². The van der Waals surface area contributed by atoms with Gasteiger partial charge in [0, 0.05) is 12.6 Å². The standard InChI is InChI=1S/C19H23NO/c1-13-10-14(2)15(3)19(11-13)21-18-8-4-16(5-9-18)12-20-17-6-7-17/h4-5,8-11,17,20H,6-7,12H2,1-3H3. The van der Waals surface area contributed by atoms with Gasteiger partial charge in [-0.25, -0.2) is 0 Å².